The summed E-state index contributed by atoms with van der Waals surface area (Å²) in [4.78, 5) is 12.5. The standard InChI is InChI=1S/C22H23NO3/c24-22-20(14-4-2-1-3-5-14)10-15-6-9-18(13-21(15)26-22)25-19-11-16-7-8-17(12-19)23-16/h1-6,9,13,16-17,19-20,23H,7-8,10-12H2. The van der Waals surface area contributed by atoms with Crippen molar-refractivity contribution in [3.05, 3.63) is 59.7 Å². The molecule has 5 rings (SSSR count). The lowest BCUT2D eigenvalue weighted by Crippen LogP contribution is -2.42. The molecule has 3 atom stereocenters. The Morgan fingerprint density at radius 3 is 2.54 bits per heavy atom. The predicted molar refractivity (Wildman–Crippen MR) is 98.6 cm³/mol. The van der Waals surface area contributed by atoms with Crippen molar-refractivity contribution in [1.29, 1.82) is 0 Å². The van der Waals surface area contributed by atoms with Crippen molar-refractivity contribution in [3.63, 3.8) is 0 Å². The van der Waals surface area contributed by atoms with Gasteiger partial charge < -0.3 is 14.8 Å². The number of esters is 1. The molecule has 3 heterocycles. The molecule has 2 saturated heterocycles. The quantitative estimate of drug-likeness (QED) is 0.679. The molecule has 0 amide bonds. The van der Waals surface area contributed by atoms with Crippen LogP contribution in [0.2, 0.25) is 0 Å². The van der Waals surface area contributed by atoms with Gasteiger partial charge in [0.25, 0.3) is 0 Å². The highest BCUT2D eigenvalue weighted by Gasteiger charge is 2.35. The first kappa shape index (κ1) is 15.9. The Morgan fingerprint density at radius 2 is 1.77 bits per heavy atom. The first-order chi connectivity index (χ1) is 12.7. The van der Waals surface area contributed by atoms with Crippen molar-refractivity contribution in [2.24, 2.45) is 0 Å². The van der Waals surface area contributed by atoms with Crippen molar-refractivity contribution < 1.29 is 14.3 Å². The molecule has 26 heavy (non-hydrogen) atoms. The second-order valence-electron chi connectivity index (χ2n) is 7.71. The zero-order valence-electron chi connectivity index (χ0n) is 14.7. The molecule has 1 N–H and O–H groups in total. The van der Waals surface area contributed by atoms with Gasteiger partial charge in [0, 0.05) is 18.2 Å². The maximum Gasteiger partial charge on any atom is 0.319 e. The minimum absolute atomic E-state index is 0.180. The molecule has 3 aliphatic rings. The molecule has 3 unspecified atom stereocenters. The van der Waals surface area contributed by atoms with E-state index >= 15 is 0 Å². The molecular formula is C22H23NO3. The molecule has 0 spiro atoms. The van der Waals surface area contributed by atoms with Crippen LogP contribution in [0.5, 0.6) is 11.5 Å². The summed E-state index contributed by atoms with van der Waals surface area (Å²) in [5.74, 6) is 1.05. The number of rotatable bonds is 3. The molecule has 4 heteroatoms. The molecule has 0 aromatic heterocycles. The minimum atomic E-state index is -0.226. The van der Waals surface area contributed by atoms with Crippen molar-refractivity contribution >= 4 is 5.97 Å². The number of hydrogen-bond donors (Lipinski definition) is 1. The molecule has 2 bridgehead atoms. The second-order valence-corrected chi connectivity index (χ2v) is 7.71. The van der Waals surface area contributed by atoms with Gasteiger partial charge in [-0.1, -0.05) is 36.4 Å². The number of benzene rings is 2. The SMILES string of the molecule is O=C1Oc2cc(OC3CC4CCC(C3)N4)ccc2CC1c1ccccc1. The van der Waals surface area contributed by atoms with Crippen LogP contribution < -0.4 is 14.8 Å². The average molecular weight is 349 g/mol. The van der Waals surface area contributed by atoms with Crippen molar-refractivity contribution in [2.75, 3.05) is 0 Å². The molecule has 2 fully saturated rings. The van der Waals surface area contributed by atoms with E-state index in [1.165, 1.54) is 12.8 Å². The number of carbonyl (C=O) groups is 1. The molecule has 0 radical (unpaired) electrons. The Kier molecular flexibility index (Phi) is 3.93. The van der Waals surface area contributed by atoms with E-state index in [-0.39, 0.29) is 18.0 Å². The zero-order valence-corrected chi connectivity index (χ0v) is 14.7. The Labute approximate surface area is 153 Å². The van der Waals surface area contributed by atoms with E-state index in [1.54, 1.807) is 0 Å². The molecule has 134 valence electrons. The summed E-state index contributed by atoms with van der Waals surface area (Å²) < 4.78 is 11.9. The first-order valence-electron chi connectivity index (χ1n) is 9.57. The highest BCUT2D eigenvalue weighted by atomic mass is 16.5. The summed E-state index contributed by atoms with van der Waals surface area (Å²) in [6.45, 7) is 0. The van der Waals surface area contributed by atoms with E-state index in [9.17, 15) is 4.79 Å². The van der Waals surface area contributed by atoms with Gasteiger partial charge in [-0.15, -0.1) is 0 Å². The lowest BCUT2D eigenvalue weighted by Gasteiger charge is -2.30. The Morgan fingerprint density at radius 1 is 1.00 bits per heavy atom. The fraction of sp³-hybridized carbons (Fsp3) is 0.409. The van der Waals surface area contributed by atoms with Gasteiger partial charge in [0.1, 0.15) is 17.6 Å². The van der Waals surface area contributed by atoms with E-state index in [0.29, 0.717) is 24.3 Å². The average Bonchev–Trinajstić information content (AvgIpc) is 3.00. The Balaban J connectivity index is 1.32. The molecule has 2 aromatic carbocycles. The van der Waals surface area contributed by atoms with Crippen LogP contribution in [0, 0.1) is 0 Å². The second kappa shape index (κ2) is 6.44. The van der Waals surface area contributed by atoms with Gasteiger partial charge >= 0.3 is 5.97 Å². The van der Waals surface area contributed by atoms with Gasteiger partial charge in [-0.05, 0) is 49.3 Å². The fourth-order valence-corrected chi connectivity index (χ4v) is 4.59. The van der Waals surface area contributed by atoms with E-state index in [4.69, 9.17) is 9.47 Å². The van der Waals surface area contributed by atoms with Crippen LogP contribution in [-0.2, 0) is 11.2 Å². The Hall–Kier alpha value is -2.33. The van der Waals surface area contributed by atoms with E-state index in [2.05, 4.69) is 5.32 Å². The minimum Gasteiger partial charge on any atom is -0.490 e. The van der Waals surface area contributed by atoms with Crippen LogP contribution in [0.3, 0.4) is 0 Å². The maximum atomic E-state index is 12.5. The summed E-state index contributed by atoms with van der Waals surface area (Å²) in [6, 6.07) is 17.0. The highest BCUT2D eigenvalue weighted by Crippen LogP contribution is 2.37. The number of piperidine rings is 1. The third kappa shape index (κ3) is 2.99. The molecular weight excluding hydrogens is 326 g/mol. The third-order valence-corrected chi connectivity index (χ3v) is 5.89. The predicted octanol–water partition coefficient (Wildman–Crippen LogP) is 3.59. The molecule has 0 aliphatic carbocycles. The largest absolute Gasteiger partial charge is 0.490 e. The van der Waals surface area contributed by atoms with Gasteiger partial charge in [-0.25, -0.2) is 0 Å². The van der Waals surface area contributed by atoms with Gasteiger partial charge in [0.2, 0.25) is 0 Å². The van der Waals surface area contributed by atoms with Gasteiger partial charge in [0.05, 0.1) is 5.92 Å². The summed E-state index contributed by atoms with van der Waals surface area (Å²) >= 11 is 0. The molecule has 0 saturated carbocycles. The van der Waals surface area contributed by atoms with Gasteiger partial charge in [0.15, 0.2) is 0 Å². The number of carbonyl (C=O) groups excluding carboxylic acids is 1. The van der Waals surface area contributed by atoms with Crippen LogP contribution in [-0.4, -0.2) is 24.2 Å². The van der Waals surface area contributed by atoms with Gasteiger partial charge in [-0.2, -0.15) is 0 Å². The maximum absolute atomic E-state index is 12.5. The molecule has 2 aromatic rings. The number of ether oxygens (including phenoxy) is 2. The third-order valence-electron chi connectivity index (χ3n) is 5.89. The van der Waals surface area contributed by atoms with Crippen LogP contribution in [0.1, 0.15) is 42.7 Å². The summed E-state index contributed by atoms with van der Waals surface area (Å²) in [5.41, 5.74) is 2.07. The van der Waals surface area contributed by atoms with E-state index in [0.717, 1.165) is 29.7 Å². The summed E-state index contributed by atoms with van der Waals surface area (Å²) in [5, 5.41) is 3.63. The lowest BCUT2D eigenvalue weighted by atomic mass is 9.90. The van der Waals surface area contributed by atoms with Crippen molar-refractivity contribution in [3.8, 4) is 11.5 Å². The van der Waals surface area contributed by atoms with E-state index in [1.807, 2.05) is 48.5 Å². The lowest BCUT2D eigenvalue weighted by molar-refractivity contribution is -0.137. The van der Waals surface area contributed by atoms with Crippen LogP contribution in [0.25, 0.3) is 0 Å². The van der Waals surface area contributed by atoms with Gasteiger partial charge in [-0.3, -0.25) is 4.79 Å². The summed E-state index contributed by atoms with van der Waals surface area (Å²) in [6.07, 6.45) is 5.56. The molecule has 4 nitrogen and oxygen atoms in total. The Bertz CT molecular complexity index is 807. The zero-order chi connectivity index (χ0) is 17.5. The normalized spacial score (nSPS) is 29.8. The summed E-state index contributed by atoms with van der Waals surface area (Å²) in [7, 11) is 0. The monoisotopic (exact) mass is 349 g/mol. The fourth-order valence-electron chi connectivity index (χ4n) is 4.59. The van der Waals surface area contributed by atoms with Crippen LogP contribution in [0.4, 0.5) is 0 Å². The number of hydrogen-bond acceptors (Lipinski definition) is 4. The van der Waals surface area contributed by atoms with Crippen LogP contribution >= 0.6 is 0 Å². The molecule has 3 aliphatic heterocycles. The first-order valence-corrected chi connectivity index (χ1v) is 9.57. The number of fused-ring (bicyclic) bond motifs is 3. The smallest absolute Gasteiger partial charge is 0.319 e. The van der Waals surface area contributed by atoms with Crippen molar-refractivity contribution in [2.45, 2.75) is 56.2 Å². The van der Waals surface area contributed by atoms with Crippen LogP contribution in [0.15, 0.2) is 48.5 Å². The van der Waals surface area contributed by atoms with E-state index < -0.39 is 0 Å². The topological polar surface area (TPSA) is 47.6 Å². The number of nitrogens with one attached hydrogen (secondary N) is 1. The van der Waals surface area contributed by atoms with Crippen molar-refractivity contribution in [1.82, 2.24) is 5.32 Å². The highest BCUT2D eigenvalue weighted by molar-refractivity contribution is 5.83.